The van der Waals surface area contributed by atoms with E-state index in [1.165, 1.54) is 36.9 Å². The Bertz CT molecular complexity index is 443. The summed E-state index contributed by atoms with van der Waals surface area (Å²) in [5, 5.41) is 11.1. The number of rotatable bonds is 6. The van der Waals surface area contributed by atoms with E-state index in [9.17, 15) is 5.11 Å². The van der Waals surface area contributed by atoms with Crippen molar-refractivity contribution in [2.24, 2.45) is 5.92 Å². The van der Waals surface area contributed by atoms with E-state index in [1.54, 1.807) is 0 Å². The number of hydrogen-bond acceptors (Lipinski definition) is 2. The van der Waals surface area contributed by atoms with Crippen LogP contribution in [0.2, 0.25) is 0 Å². The van der Waals surface area contributed by atoms with E-state index in [0.717, 1.165) is 25.7 Å². The van der Waals surface area contributed by atoms with Gasteiger partial charge >= 0.3 is 0 Å². The second kappa shape index (κ2) is 7.31. The van der Waals surface area contributed by atoms with E-state index in [2.05, 4.69) is 50.2 Å². The number of hydrogen-bond donors (Lipinski definition) is 1. The molecule has 2 rings (SSSR count). The highest BCUT2D eigenvalue weighted by atomic mass is 16.3. The third kappa shape index (κ3) is 4.00. The Morgan fingerprint density at radius 2 is 2.00 bits per heavy atom. The van der Waals surface area contributed by atoms with Crippen LogP contribution >= 0.6 is 0 Å². The Kier molecular flexibility index (Phi) is 5.69. The zero-order valence-corrected chi connectivity index (χ0v) is 13.9. The molecule has 2 heteroatoms. The van der Waals surface area contributed by atoms with Crippen LogP contribution in [0, 0.1) is 5.92 Å². The van der Waals surface area contributed by atoms with Gasteiger partial charge in [-0.25, -0.2) is 0 Å². The lowest BCUT2D eigenvalue weighted by atomic mass is 9.70. The van der Waals surface area contributed by atoms with Gasteiger partial charge in [0.1, 0.15) is 0 Å². The lowest BCUT2D eigenvalue weighted by Crippen LogP contribution is -2.41. The minimum Gasteiger partial charge on any atom is -0.390 e. The van der Waals surface area contributed by atoms with Crippen molar-refractivity contribution >= 4 is 5.69 Å². The number of nitrogens with zero attached hydrogens (tertiary/aromatic N) is 1. The predicted molar refractivity (Wildman–Crippen MR) is 90.9 cm³/mol. The van der Waals surface area contributed by atoms with Crippen LogP contribution in [-0.4, -0.2) is 24.8 Å². The molecule has 1 aromatic carbocycles. The first-order valence-electron chi connectivity index (χ1n) is 8.54. The predicted octanol–water partition coefficient (Wildman–Crippen LogP) is 4.41. The number of anilines is 1. The van der Waals surface area contributed by atoms with E-state index in [4.69, 9.17) is 0 Å². The maximum atomic E-state index is 11.1. The summed E-state index contributed by atoms with van der Waals surface area (Å²) in [5.74, 6) is 0.416. The van der Waals surface area contributed by atoms with E-state index in [1.807, 2.05) is 0 Å². The summed E-state index contributed by atoms with van der Waals surface area (Å²) in [6.45, 7) is 2.21. The average molecular weight is 289 g/mol. The fraction of sp³-hybridized carbons (Fsp3) is 0.684. The Morgan fingerprint density at radius 1 is 1.24 bits per heavy atom. The molecule has 2 atom stereocenters. The SMILES string of the molecule is CCCCC1(O)CCCCC1Cc1ccccc1N(C)C. The molecular formula is C19H31NO. The minimum atomic E-state index is -0.437. The molecule has 21 heavy (non-hydrogen) atoms. The van der Waals surface area contributed by atoms with Crippen LogP contribution in [0.5, 0.6) is 0 Å². The van der Waals surface area contributed by atoms with E-state index in [0.29, 0.717) is 5.92 Å². The third-order valence-corrected chi connectivity index (χ3v) is 5.08. The first-order chi connectivity index (χ1) is 10.1. The van der Waals surface area contributed by atoms with Gasteiger partial charge in [-0.3, -0.25) is 0 Å². The van der Waals surface area contributed by atoms with Gasteiger partial charge in [0.05, 0.1) is 5.60 Å². The van der Waals surface area contributed by atoms with Crippen LogP contribution in [0.25, 0.3) is 0 Å². The quantitative estimate of drug-likeness (QED) is 0.838. The summed E-state index contributed by atoms with van der Waals surface area (Å²) >= 11 is 0. The molecule has 0 saturated heterocycles. The molecule has 0 bridgehead atoms. The van der Waals surface area contributed by atoms with Gasteiger partial charge in [0.15, 0.2) is 0 Å². The molecule has 1 aliphatic rings. The number of benzene rings is 1. The van der Waals surface area contributed by atoms with E-state index < -0.39 is 5.60 Å². The van der Waals surface area contributed by atoms with Gasteiger partial charge in [-0.2, -0.15) is 0 Å². The highest BCUT2D eigenvalue weighted by molar-refractivity contribution is 5.52. The van der Waals surface area contributed by atoms with Gasteiger partial charge in [0.2, 0.25) is 0 Å². The summed E-state index contributed by atoms with van der Waals surface area (Å²) in [4.78, 5) is 2.18. The fourth-order valence-electron chi connectivity index (χ4n) is 3.78. The van der Waals surface area contributed by atoms with Crippen molar-refractivity contribution in [2.45, 2.75) is 63.9 Å². The number of unbranched alkanes of at least 4 members (excludes halogenated alkanes) is 1. The van der Waals surface area contributed by atoms with E-state index in [-0.39, 0.29) is 0 Å². The average Bonchev–Trinajstić information content (AvgIpc) is 2.48. The maximum absolute atomic E-state index is 11.1. The number of aliphatic hydroxyl groups is 1. The first-order valence-corrected chi connectivity index (χ1v) is 8.54. The highest BCUT2D eigenvalue weighted by Crippen LogP contribution is 2.40. The Balaban J connectivity index is 2.16. The minimum absolute atomic E-state index is 0.416. The Hall–Kier alpha value is -1.02. The fourth-order valence-corrected chi connectivity index (χ4v) is 3.78. The summed E-state index contributed by atoms with van der Waals surface area (Å²) < 4.78 is 0. The maximum Gasteiger partial charge on any atom is 0.0679 e. The topological polar surface area (TPSA) is 23.5 Å². The van der Waals surface area contributed by atoms with Gasteiger partial charge in [0.25, 0.3) is 0 Å². The smallest absolute Gasteiger partial charge is 0.0679 e. The van der Waals surface area contributed by atoms with Crippen molar-refractivity contribution in [3.8, 4) is 0 Å². The second-order valence-corrected chi connectivity index (χ2v) is 6.88. The van der Waals surface area contributed by atoms with Gasteiger partial charge in [-0.1, -0.05) is 50.8 Å². The molecule has 1 N–H and O–H groups in total. The van der Waals surface area contributed by atoms with Crippen LogP contribution in [-0.2, 0) is 6.42 Å². The van der Waals surface area contributed by atoms with Crippen molar-refractivity contribution in [2.75, 3.05) is 19.0 Å². The molecule has 1 aliphatic carbocycles. The molecule has 1 aromatic rings. The zero-order valence-electron chi connectivity index (χ0n) is 13.9. The standard InChI is InChI=1S/C19H31NO/c1-4-5-13-19(21)14-9-8-11-17(19)15-16-10-6-7-12-18(16)20(2)3/h6-7,10,12,17,21H,4-5,8-9,11,13-15H2,1-3H3. The molecule has 118 valence electrons. The van der Waals surface area contributed by atoms with Crippen molar-refractivity contribution in [3.63, 3.8) is 0 Å². The summed E-state index contributed by atoms with van der Waals surface area (Å²) in [6.07, 6.45) is 8.90. The van der Waals surface area contributed by atoms with Gasteiger partial charge in [-0.15, -0.1) is 0 Å². The summed E-state index contributed by atoms with van der Waals surface area (Å²) in [7, 11) is 4.20. The highest BCUT2D eigenvalue weighted by Gasteiger charge is 2.38. The van der Waals surface area contributed by atoms with Crippen molar-refractivity contribution in [3.05, 3.63) is 29.8 Å². The van der Waals surface area contributed by atoms with Crippen LogP contribution < -0.4 is 4.90 Å². The van der Waals surface area contributed by atoms with Gasteiger partial charge in [0, 0.05) is 19.8 Å². The van der Waals surface area contributed by atoms with Gasteiger partial charge < -0.3 is 10.0 Å². The van der Waals surface area contributed by atoms with Crippen LogP contribution in [0.4, 0.5) is 5.69 Å². The molecule has 0 heterocycles. The lowest BCUT2D eigenvalue weighted by molar-refractivity contribution is -0.0561. The molecule has 1 fully saturated rings. The normalized spacial score (nSPS) is 25.8. The first kappa shape index (κ1) is 16.4. The summed E-state index contributed by atoms with van der Waals surface area (Å²) in [5.41, 5.74) is 2.23. The molecule has 0 amide bonds. The van der Waals surface area contributed by atoms with Crippen molar-refractivity contribution in [1.82, 2.24) is 0 Å². The summed E-state index contributed by atoms with van der Waals surface area (Å²) in [6, 6.07) is 8.63. The molecule has 0 aromatic heterocycles. The molecule has 2 nitrogen and oxygen atoms in total. The van der Waals surface area contributed by atoms with Crippen molar-refractivity contribution < 1.29 is 5.11 Å². The monoisotopic (exact) mass is 289 g/mol. The number of para-hydroxylation sites is 1. The Morgan fingerprint density at radius 3 is 2.71 bits per heavy atom. The van der Waals surface area contributed by atoms with Gasteiger partial charge in [-0.05, 0) is 43.2 Å². The lowest BCUT2D eigenvalue weighted by Gasteiger charge is -2.41. The molecular weight excluding hydrogens is 258 g/mol. The molecule has 0 aliphatic heterocycles. The van der Waals surface area contributed by atoms with Crippen LogP contribution in [0.15, 0.2) is 24.3 Å². The zero-order chi connectivity index (χ0) is 15.3. The molecule has 0 radical (unpaired) electrons. The Labute approximate surface area is 130 Å². The van der Waals surface area contributed by atoms with Crippen LogP contribution in [0.1, 0.15) is 57.4 Å². The van der Waals surface area contributed by atoms with E-state index >= 15 is 0 Å². The van der Waals surface area contributed by atoms with Crippen LogP contribution in [0.3, 0.4) is 0 Å². The largest absolute Gasteiger partial charge is 0.390 e. The van der Waals surface area contributed by atoms with Crippen molar-refractivity contribution in [1.29, 1.82) is 0 Å². The molecule has 2 unspecified atom stereocenters. The second-order valence-electron chi connectivity index (χ2n) is 6.88. The molecule has 0 spiro atoms. The molecule has 1 saturated carbocycles. The third-order valence-electron chi connectivity index (χ3n) is 5.08.